The lowest BCUT2D eigenvalue weighted by Gasteiger charge is -2.53. The number of nitrogens with zero attached hydrogens (tertiary/aromatic N) is 3. The fourth-order valence-electron chi connectivity index (χ4n) is 3.18. The molecule has 1 amide bonds. The first-order valence-corrected chi connectivity index (χ1v) is 11.4. The van der Waals surface area contributed by atoms with E-state index in [1.165, 1.54) is 19.1 Å². The molecule has 0 spiro atoms. The van der Waals surface area contributed by atoms with Crippen LogP contribution < -0.4 is 15.8 Å². The molecule has 2 heterocycles. The molecular formula is C20H24F3N5O4S. The lowest BCUT2D eigenvalue weighted by Crippen LogP contribution is -2.52. The van der Waals surface area contributed by atoms with Crippen molar-refractivity contribution in [2.24, 2.45) is 10.7 Å². The predicted octanol–water partition coefficient (Wildman–Crippen LogP) is 3.63. The monoisotopic (exact) mass is 487 g/mol. The molecule has 0 unspecified atom stereocenters. The third-order valence-electron chi connectivity index (χ3n) is 5.31. The molecule has 0 fully saturated rings. The number of rotatable bonds is 6. The maximum atomic E-state index is 14.7. The molecule has 13 heteroatoms. The number of alkyl halides is 2. The fraction of sp³-hybridized carbons (Fsp3) is 0.400. The number of halogens is 3. The zero-order valence-electron chi connectivity index (χ0n) is 18.1. The highest BCUT2D eigenvalue weighted by Crippen LogP contribution is 2.59. The smallest absolute Gasteiger partial charge is 0.275 e. The Labute approximate surface area is 189 Å². The van der Waals surface area contributed by atoms with Crippen molar-refractivity contribution in [2.75, 3.05) is 17.7 Å². The van der Waals surface area contributed by atoms with Crippen molar-refractivity contribution in [3.05, 3.63) is 47.7 Å². The van der Waals surface area contributed by atoms with Crippen LogP contribution in [0.4, 0.5) is 18.9 Å². The summed E-state index contributed by atoms with van der Waals surface area (Å²) in [5.74, 6) is -1.80. The second-order valence-electron chi connectivity index (χ2n) is 8.18. The number of nitrogens with two attached hydrogens (primary N) is 1. The summed E-state index contributed by atoms with van der Waals surface area (Å²) in [5, 5.41) is 2.53. The minimum absolute atomic E-state index is 0.0144. The van der Waals surface area contributed by atoms with Gasteiger partial charge in [-0.05, 0) is 39.0 Å². The highest BCUT2D eigenvalue weighted by atomic mass is 32.3. The highest BCUT2D eigenvalue weighted by molar-refractivity contribution is 8.26. The second kappa shape index (κ2) is 8.80. The zero-order chi connectivity index (χ0) is 24.6. The molecule has 9 nitrogen and oxygen atoms in total. The molecule has 0 aliphatic carbocycles. The molecule has 0 radical (unpaired) electrons. The molecule has 0 saturated heterocycles. The molecule has 0 bridgehead atoms. The maximum Gasteiger partial charge on any atom is 0.275 e. The summed E-state index contributed by atoms with van der Waals surface area (Å²) in [6.07, 6.45) is -0.603. The van der Waals surface area contributed by atoms with Gasteiger partial charge >= 0.3 is 0 Å². The molecule has 3 rings (SSSR count). The molecule has 2 aromatic rings. The van der Waals surface area contributed by atoms with Gasteiger partial charge in [0.2, 0.25) is 5.88 Å². The van der Waals surface area contributed by atoms with Gasteiger partial charge in [-0.2, -0.15) is 10.6 Å². The largest absolute Gasteiger partial charge is 0.470 e. The fourth-order valence-corrected chi connectivity index (χ4v) is 4.92. The van der Waals surface area contributed by atoms with Crippen LogP contribution in [0.2, 0.25) is 0 Å². The van der Waals surface area contributed by atoms with Gasteiger partial charge in [-0.25, -0.2) is 23.1 Å². The van der Waals surface area contributed by atoms with Gasteiger partial charge in [0.05, 0.1) is 18.1 Å². The van der Waals surface area contributed by atoms with E-state index in [1.807, 2.05) is 0 Å². The van der Waals surface area contributed by atoms with E-state index < -0.39 is 45.6 Å². The number of hydrogen-bond donors (Lipinski definition) is 4. The van der Waals surface area contributed by atoms with Gasteiger partial charge in [0, 0.05) is 11.3 Å². The lowest BCUT2D eigenvalue weighted by molar-refractivity contribution is 0.0792. The van der Waals surface area contributed by atoms with E-state index in [-0.39, 0.29) is 34.4 Å². The zero-order valence-corrected chi connectivity index (χ0v) is 18.9. The topological polar surface area (TPSA) is 143 Å². The first kappa shape index (κ1) is 24.7. The number of benzene rings is 1. The summed E-state index contributed by atoms with van der Waals surface area (Å²) < 4.78 is 63.9. The summed E-state index contributed by atoms with van der Waals surface area (Å²) in [4.78, 5) is 24.4. The summed E-state index contributed by atoms with van der Waals surface area (Å²) in [7, 11) is -3.26. The van der Waals surface area contributed by atoms with Crippen molar-refractivity contribution in [1.82, 2.24) is 9.97 Å². The minimum atomic E-state index is -3.26. The average molecular weight is 488 g/mol. The molecule has 0 saturated carbocycles. The summed E-state index contributed by atoms with van der Waals surface area (Å²) >= 11 is 0. The maximum absolute atomic E-state index is 14.7. The van der Waals surface area contributed by atoms with E-state index in [2.05, 4.69) is 20.3 Å². The number of amidine groups is 1. The van der Waals surface area contributed by atoms with Crippen LogP contribution >= 0.6 is 10.6 Å². The van der Waals surface area contributed by atoms with Crippen molar-refractivity contribution >= 4 is 28.0 Å². The van der Waals surface area contributed by atoms with E-state index in [9.17, 15) is 27.1 Å². The van der Waals surface area contributed by atoms with Crippen molar-refractivity contribution in [3.63, 3.8) is 0 Å². The van der Waals surface area contributed by atoms with Crippen molar-refractivity contribution < 1.29 is 31.8 Å². The number of aliphatic imine (C=N–C) groups is 1. The number of carbonyl (C=O) groups excluding carboxylic acids is 1. The first-order valence-electron chi connectivity index (χ1n) is 9.71. The Hall–Kier alpha value is -2.90. The van der Waals surface area contributed by atoms with E-state index in [0.717, 1.165) is 18.5 Å². The molecule has 1 aliphatic heterocycles. The SMILES string of the molecule is CC1(C)C(N)=N[C@](C)(c2cc(NC(=O)c3cnc(OCC(F)F)cn3)ccc2F)CS1(O)O. The number of amides is 1. The summed E-state index contributed by atoms with van der Waals surface area (Å²) in [6.45, 7) is 3.78. The number of hydrogen-bond acceptors (Lipinski definition) is 8. The number of nitrogens with one attached hydrogen (secondary N) is 1. The standard InChI is InChI=1S/C20H24F3N5O4S/c1-19(2)18(24)28-20(3,10-33(19,30)31)12-6-11(4-5-13(12)21)27-17(29)14-7-26-16(8-25-14)32-9-15(22)23/h4-8,15,30-31H,9-10H2,1-3H3,(H2,24,28)(H,27,29)/t20-/m0/s1. The van der Waals surface area contributed by atoms with Crippen LogP contribution in [-0.4, -0.2) is 54.3 Å². The molecule has 1 aliphatic rings. The number of ether oxygens (including phenoxy) is 1. The Morgan fingerprint density at radius 1 is 1.27 bits per heavy atom. The van der Waals surface area contributed by atoms with Crippen LogP contribution in [0.15, 0.2) is 35.6 Å². The molecule has 180 valence electrons. The van der Waals surface area contributed by atoms with Gasteiger partial charge < -0.3 is 15.8 Å². The van der Waals surface area contributed by atoms with Crippen LogP contribution in [0.1, 0.15) is 36.8 Å². The Morgan fingerprint density at radius 2 is 1.97 bits per heavy atom. The van der Waals surface area contributed by atoms with Gasteiger partial charge in [-0.3, -0.25) is 18.9 Å². The van der Waals surface area contributed by atoms with Crippen LogP contribution in [0, 0.1) is 5.82 Å². The van der Waals surface area contributed by atoms with Crippen molar-refractivity contribution in [1.29, 1.82) is 0 Å². The van der Waals surface area contributed by atoms with E-state index in [1.54, 1.807) is 13.8 Å². The highest BCUT2D eigenvalue weighted by Gasteiger charge is 2.49. The summed E-state index contributed by atoms with van der Waals surface area (Å²) in [5.41, 5.74) is 4.68. The second-order valence-corrected chi connectivity index (χ2v) is 10.8. The van der Waals surface area contributed by atoms with Gasteiger partial charge in [-0.1, -0.05) is 0 Å². The van der Waals surface area contributed by atoms with Crippen molar-refractivity contribution in [2.45, 2.75) is 37.5 Å². The number of anilines is 1. The van der Waals surface area contributed by atoms with E-state index >= 15 is 0 Å². The molecule has 33 heavy (non-hydrogen) atoms. The van der Waals surface area contributed by atoms with E-state index in [4.69, 9.17) is 10.5 Å². The summed E-state index contributed by atoms with van der Waals surface area (Å²) in [6, 6.07) is 3.75. The quantitative estimate of drug-likeness (QED) is 0.487. The van der Waals surface area contributed by atoms with Gasteiger partial charge in [0.15, 0.2) is 6.61 Å². The van der Waals surface area contributed by atoms with Crippen LogP contribution in [-0.2, 0) is 5.54 Å². The van der Waals surface area contributed by atoms with Crippen LogP contribution in [0.3, 0.4) is 0 Å². The minimum Gasteiger partial charge on any atom is -0.470 e. The van der Waals surface area contributed by atoms with E-state index in [0.29, 0.717) is 0 Å². The average Bonchev–Trinajstić information content (AvgIpc) is 2.72. The normalized spacial score (nSPS) is 22.4. The Bertz CT molecular complexity index is 1080. The number of carbonyl (C=O) groups is 1. The molecule has 1 aromatic carbocycles. The molecule has 1 atom stereocenters. The van der Waals surface area contributed by atoms with Gasteiger partial charge in [0.1, 0.15) is 27.6 Å². The lowest BCUT2D eigenvalue weighted by atomic mass is 9.92. The molecular weight excluding hydrogens is 463 g/mol. The predicted molar refractivity (Wildman–Crippen MR) is 119 cm³/mol. The van der Waals surface area contributed by atoms with Gasteiger partial charge in [-0.15, -0.1) is 0 Å². The van der Waals surface area contributed by atoms with Gasteiger partial charge in [0.25, 0.3) is 12.3 Å². The third-order valence-corrected chi connectivity index (χ3v) is 8.11. The Morgan fingerprint density at radius 3 is 2.55 bits per heavy atom. The Balaban J connectivity index is 1.84. The van der Waals surface area contributed by atoms with Crippen LogP contribution in [0.5, 0.6) is 5.88 Å². The third kappa shape index (κ3) is 5.04. The molecule has 5 N–H and O–H groups in total. The molecule has 1 aromatic heterocycles. The first-order chi connectivity index (χ1) is 15.2. The Kier molecular flexibility index (Phi) is 6.60. The number of aromatic nitrogens is 2. The van der Waals surface area contributed by atoms with Crippen molar-refractivity contribution in [3.8, 4) is 5.88 Å². The van der Waals surface area contributed by atoms with Crippen LogP contribution in [0.25, 0.3) is 0 Å².